The van der Waals surface area contributed by atoms with E-state index < -0.39 is 12.0 Å². The fraction of sp³-hybridized carbons (Fsp3) is 0.0667. The number of nitrogens with one attached hydrogen (secondary N) is 2. The number of benzene rings is 2. The van der Waals surface area contributed by atoms with Crippen LogP contribution in [0.5, 0.6) is 0 Å². The summed E-state index contributed by atoms with van der Waals surface area (Å²) >= 11 is 6.02. The van der Waals surface area contributed by atoms with Crippen molar-refractivity contribution in [1.29, 1.82) is 0 Å². The van der Waals surface area contributed by atoms with E-state index in [1.165, 1.54) is 24.3 Å². The molecule has 0 aliphatic heterocycles. The number of anilines is 2. The molecule has 0 aliphatic rings. The van der Waals surface area contributed by atoms with Gasteiger partial charge < -0.3 is 15.7 Å². The highest BCUT2D eigenvalue weighted by Gasteiger charge is 2.07. The van der Waals surface area contributed by atoms with E-state index in [4.69, 9.17) is 16.7 Å². The van der Waals surface area contributed by atoms with Crippen molar-refractivity contribution in [3.63, 3.8) is 0 Å². The monoisotopic (exact) mass is 304 g/mol. The second kappa shape index (κ2) is 6.28. The molecule has 2 aromatic rings. The molecule has 0 aliphatic carbocycles. The van der Waals surface area contributed by atoms with E-state index in [1.807, 2.05) is 13.0 Å². The third kappa shape index (κ3) is 3.97. The van der Waals surface area contributed by atoms with Gasteiger partial charge in [0, 0.05) is 5.69 Å². The number of rotatable bonds is 3. The summed E-state index contributed by atoms with van der Waals surface area (Å²) in [5.74, 6) is -1.02. The minimum absolute atomic E-state index is 0.155. The van der Waals surface area contributed by atoms with Crippen LogP contribution >= 0.6 is 11.6 Å². The van der Waals surface area contributed by atoms with Crippen LogP contribution in [0.4, 0.5) is 16.2 Å². The van der Waals surface area contributed by atoms with Crippen molar-refractivity contribution in [3.05, 3.63) is 58.6 Å². The standard InChI is InChI=1S/C15H13ClN2O3/c1-9-2-7-13(12(16)8-9)18-15(21)17-11-5-3-10(4-6-11)14(19)20/h2-8H,1H3,(H,19,20)(H2,17,18,21). The Labute approximate surface area is 126 Å². The molecule has 0 aromatic heterocycles. The van der Waals surface area contributed by atoms with Gasteiger partial charge in [0.25, 0.3) is 0 Å². The van der Waals surface area contributed by atoms with Gasteiger partial charge in [-0.1, -0.05) is 17.7 Å². The summed E-state index contributed by atoms with van der Waals surface area (Å²) < 4.78 is 0. The van der Waals surface area contributed by atoms with Gasteiger partial charge in [0.1, 0.15) is 0 Å². The Balaban J connectivity index is 2.02. The first-order chi connectivity index (χ1) is 9.95. The largest absolute Gasteiger partial charge is 0.478 e. The highest BCUT2D eigenvalue weighted by molar-refractivity contribution is 6.33. The van der Waals surface area contributed by atoms with Crippen LogP contribution in [0.25, 0.3) is 0 Å². The quantitative estimate of drug-likeness (QED) is 0.802. The number of amides is 2. The van der Waals surface area contributed by atoms with Gasteiger partial charge in [-0.05, 0) is 48.9 Å². The van der Waals surface area contributed by atoms with Crippen molar-refractivity contribution in [3.8, 4) is 0 Å². The van der Waals surface area contributed by atoms with Gasteiger partial charge in [-0.15, -0.1) is 0 Å². The maximum atomic E-state index is 11.8. The van der Waals surface area contributed by atoms with Crippen LogP contribution < -0.4 is 10.6 Å². The normalized spacial score (nSPS) is 10.0. The van der Waals surface area contributed by atoms with E-state index in [0.29, 0.717) is 16.4 Å². The summed E-state index contributed by atoms with van der Waals surface area (Å²) in [5.41, 5.74) is 2.14. The van der Waals surface area contributed by atoms with E-state index in [-0.39, 0.29) is 5.56 Å². The molecule has 0 atom stereocenters. The van der Waals surface area contributed by atoms with Crippen molar-refractivity contribution in [2.24, 2.45) is 0 Å². The van der Waals surface area contributed by atoms with Crippen molar-refractivity contribution in [2.45, 2.75) is 6.92 Å². The summed E-state index contributed by atoms with van der Waals surface area (Å²) in [6.07, 6.45) is 0. The predicted molar refractivity (Wildman–Crippen MR) is 82.2 cm³/mol. The van der Waals surface area contributed by atoms with Crippen LogP contribution in [0.2, 0.25) is 5.02 Å². The maximum Gasteiger partial charge on any atom is 0.335 e. The first-order valence-corrected chi connectivity index (χ1v) is 6.51. The number of carboxylic acid groups (broad SMARTS) is 1. The van der Waals surface area contributed by atoms with Crippen molar-refractivity contribution in [2.75, 3.05) is 10.6 Å². The molecule has 0 spiro atoms. The second-order valence-corrected chi connectivity index (χ2v) is 4.85. The van der Waals surface area contributed by atoms with Gasteiger partial charge in [0.15, 0.2) is 0 Å². The van der Waals surface area contributed by atoms with E-state index in [2.05, 4.69) is 10.6 Å². The first-order valence-electron chi connectivity index (χ1n) is 6.13. The predicted octanol–water partition coefficient (Wildman–Crippen LogP) is 3.99. The zero-order chi connectivity index (χ0) is 15.4. The van der Waals surface area contributed by atoms with Crippen LogP contribution in [0, 0.1) is 6.92 Å². The summed E-state index contributed by atoms with van der Waals surface area (Å²) in [6.45, 7) is 1.90. The van der Waals surface area contributed by atoms with Gasteiger partial charge in [0.2, 0.25) is 0 Å². The molecule has 0 saturated heterocycles. The van der Waals surface area contributed by atoms with Gasteiger partial charge >= 0.3 is 12.0 Å². The third-order valence-corrected chi connectivity index (χ3v) is 3.08. The minimum Gasteiger partial charge on any atom is -0.478 e. The molecule has 3 N–H and O–H groups in total. The van der Waals surface area contributed by atoms with Crippen LogP contribution in [0.3, 0.4) is 0 Å². The molecule has 0 bridgehead atoms. The summed E-state index contributed by atoms with van der Waals surface area (Å²) in [7, 11) is 0. The smallest absolute Gasteiger partial charge is 0.335 e. The lowest BCUT2D eigenvalue weighted by molar-refractivity contribution is 0.0697. The minimum atomic E-state index is -1.02. The van der Waals surface area contributed by atoms with Gasteiger partial charge in [-0.2, -0.15) is 0 Å². The summed E-state index contributed by atoms with van der Waals surface area (Å²) in [6, 6.07) is 10.7. The molecule has 5 nitrogen and oxygen atoms in total. The fourth-order valence-corrected chi connectivity index (χ4v) is 1.98. The third-order valence-electron chi connectivity index (χ3n) is 2.76. The summed E-state index contributed by atoms with van der Waals surface area (Å²) in [5, 5.41) is 14.5. The number of halogens is 1. The Kier molecular flexibility index (Phi) is 4.45. The molecule has 0 fully saturated rings. The number of carbonyl (C=O) groups is 2. The zero-order valence-electron chi connectivity index (χ0n) is 11.2. The molecular weight excluding hydrogens is 292 g/mol. The Morgan fingerprint density at radius 2 is 1.71 bits per heavy atom. The fourth-order valence-electron chi connectivity index (χ4n) is 1.70. The molecule has 0 unspecified atom stereocenters. The lowest BCUT2D eigenvalue weighted by Crippen LogP contribution is -2.19. The Bertz CT molecular complexity index is 684. The number of aromatic carboxylic acids is 1. The molecular formula is C15H13ClN2O3. The van der Waals surface area contributed by atoms with Crippen LogP contribution in [-0.4, -0.2) is 17.1 Å². The van der Waals surface area contributed by atoms with Crippen molar-refractivity contribution >= 4 is 35.0 Å². The number of hydrogen-bond acceptors (Lipinski definition) is 2. The molecule has 2 aromatic carbocycles. The maximum absolute atomic E-state index is 11.8. The second-order valence-electron chi connectivity index (χ2n) is 4.44. The van der Waals surface area contributed by atoms with Gasteiger partial charge in [-0.3, -0.25) is 0 Å². The average molecular weight is 305 g/mol. The van der Waals surface area contributed by atoms with E-state index >= 15 is 0 Å². The highest BCUT2D eigenvalue weighted by Crippen LogP contribution is 2.22. The first kappa shape index (κ1) is 14.9. The van der Waals surface area contributed by atoms with Crippen LogP contribution in [0.15, 0.2) is 42.5 Å². The molecule has 0 radical (unpaired) electrons. The molecule has 2 amide bonds. The van der Waals surface area contributed by atoms with Crippen molar-refractivity contribution in [1.82, 2.24) is 0 Å². The average Bonchev–Trinajstić information content (AvgIpc) is 2.42. The lowest BCUT2D eigenvalue weighted by atomic mass is 10.2. The number of carbonyl (C=O) groups excluding carboxylic acids is 1. The molecule has 0 heterocycles. The SMILES string of the molecule is Cc1ccc(NC(=O)Nc2ccc(C(=O)O)cc2)c(Cl)c1. The number of urea groups is 1. The molecule has 108 valence electrons. The van der Waals surface area contributed by atoms with Gasteiger partial charge in [-0.25, -0.2) is 9.59 Å². The van der Waals surface area contributed by atoms with Crippen LogP contribution in [-0.2, 0) is 0 Å². The van der Waals surface area contributed by atoms with E-state index in [0.717, 1.165) is 5.56 Å². The zero-order valence-corrected chi connectivity index (χ0v) is 11.9. The lowest BCUT2D eigenvalue weighted by Gasteiger charge is -2.09. The van der Waals surface area contributed by atoms with E-state index in [9.17, 15) is 9.59 Å². The topological polar surface area (TPSA) is 78.4 Å². The van der Waals surface area contributed by atoms with E-state index in [1.54, 1.807) is 12.1 Å². The van der Waals surface area contributed by atoms with Crippen molar-refractivity contribution < 1.29 is 14.7 Å². The number of aryl methyl sites for hydroxylation is 1. The molecule has 2 rings (SSSR count). The Hall–Kier alpha value is -2.53. The Morgan fingerprint density at radius 1 is 1.05 bits per heavy atom. The molecule has 0 saturated carbocycles. The van der Waals surface area contributed by atoms with Gasteiger partial charge in [0.05, 0.1) is 16.3 Å². The summed E-state index contributed by atoms with van der Waals surface area (Å²) in [4.78, 5) is 22.6. The van der Waals surface area contributed by atoms with Crippen LogP contribution in [0.1, 0.15) is 15.9 Å². The molecule has 6 heteroatoms. The number of hydrogen-bond donors (Lipinski definition) is 3. The number of carboxylic acids is 1. The Morgan fingerprint density at radius 3 is 2.29 bits per heavy atom. The highest BCUT2D eigenvalue weighted by atomic mass is 35.5. The molecule has 21 heavy (non-hydrogen) atoms.